The Morgan fingerprint density at radius 1 is 1.29 bits per heavy atom. The molecule has 4 heteroatoms. The molecule has 0 aliphatic carbocycles. The Balaban J connectivity index is 3.44. The predicted octanol–water partition coefficient (Wildman–Crippen LogP) is 1.06. The highest BCUT2D eigenvalue weighted by Crippen LogP contribution is 2.04. The van der Waals surface area contributed by atoms with Gasteiger partial charge in [-0.1, -0.05) is 26.2 Å². The summed E-state index contributed by atoms with van der Waals surface area (Å²) in [6.07, 6.45) is 2.53. The number of carbonyl (C=O) groups excluding carboxylic acids is 1. The van der Waals surface area contributed by atoms with Gasteiger partial charge in [-0.05, 0) is 13.3 Å². The molecular weight excluding hydrogens is 184 g/mol. The fraction of sp³-hybridized carbons (Fsp3) is 0.900. The van der Waals surface area contributed by atoms with E-state index in [-0.39, 0.29) is 0 Å². The summed E-state index contributed by atoms with van der Waals surface area (Å²) < 4.78 is 4.85. The predicted molar refractivity (Wildman–Crippen MR) is 52.5 cm³/mol. The van der Waals surface area contributed by atoms with Crippen molar-refractivity contribution in [2.75, 3.05) is 6.61 Å². The summed E-state index contributed by atoms with van der Waals surface area (Å²) in [7, 11) is 0. The molecule has 84 valence electrons. The van der Waals surface area contributed by atoms with Crippen LogP contribution in [-0.2, 0) is 9.53 Å². The Morgan fingerprint density at radius 2 is 1.93 bits per heavy atom. The van der Waals surface area contributed by atoms with Crippen molar-refractivity contribution in [1.29, 1.82) is 0 Å². The van der Waals surface area contributed by atoms with Crippen LogP contribution in [0.3, 0.4) is 0 Å². The monoisotopic (exact) mass is 204 g/mol. The van der Waals surface area contributed by atoms with Crippen LogP contribution in [0, 0.1) is 5.92 Å². The van der Waals surface area contributed by atoms with Crippen LogP contribution in [0.1, 0.15) is 39.5 Å². The van der Waals surface area contributed by atoms with Gasteiger partial charge >= 0.3 is 5.97 Å². The van der Waals surface area contributed by atoms with Gasteiger partial charge in [-0.25, -0.2) is 0 Å². The second-order valence-corrected chi connectivity index (χ2v) is 3.43. The molecule has 0 bridgehead atoms. The normalized spacial score (nSPS) is 12.9. The summed E-state index contributed by atoms with van der Waals surface area (Å²) in [4.78, 5) is 11.1. The second-order valence-electron chi connectivity index (χ2n) is 3.43. The minimum atomic E-state index is -1.63. The van der Waals surface area contributed by atoms with E-state index in [1.807, 2.05) is 0 Å². The minimum absolute atomic E-state index is 0.371. The number of hydrogen-bond donors (Lipinski definition) is 2. The first-order chi connectivity index (χ1) is 6.59. The van der Waals surface area contributed by atoms with E-state index in [4.69, 9.17) is 14.9 Å². The molecule has 0 saturated heterocycles. The van der Waals surface area contributed by atoms with E-state index in [1.54, 1.807) is 0 Å². The second kappa shape index (κ2) is 7.76. The molecule has 1 atom stereocenters. The fourth-order valence-electron chi connectivity index (χ4n) is 0.955. The van der Waals surface area contributed by atoms with Crippen molar-refractivity contribution in [3.8, 4) is 0 Å². The quantitative estimate of drug-likeness (QED) is 0.369. The van der Waals surface area contributed by atoms with Crippen molar-refractivity contribution in [2.45, 2.75) is 45.8 Å². The third kappa shape index (κ3) is 5.94. The molecule has 0 radical (unpaired) electrons. The molecule has 0 aromatic heterocycles. The van der Waals surface area contributed by atoms with E-state index in [9.17, 15) is 4.79 Å². The fourth-order valence-corrected chi connectivity index (χ4v) is 0.955. The first kappa shape index (κ1) is 13.4. The van der Waals surface area contributed by atoms with Crippen LogP contribution in [0.15, 0.2) is 0 Å². The average molecular weight is 204 g/mol. The van der Waals surface area contributed by atoms with Crippen molar-refractivity contribution >= 4 is 5.97 Å². The SMILES string of the molecule is CCCCCCOC(=O)C(C)C(O)O. The molecule has 14 heavy (non-hydrogen) atoms. The van der Waals surface area contributed by atoms with Gasteiger partial charge in [0.1, 0.15) is 5.92 Å². The van der Waals surface area contributed by atoms with Gasteiger partial charge in [0, 0.05) is 0 Å². The topological polar surface area (TPSA) is 66.8 Å². The van der Waals surface area contributed by atoms with E-state index < -0.39 is 18.2 Å². The molecular formula is C10H20O4. The van der Waals surface area contributed by atoms with Gasteiger partial charge in [0.15, 0.2) is 6.29 Å². The lowest BCUT2D eigenvalue weighted by Crippen LogP contribution is -2.27. The Morgan fingerprint density at radius 3 is 2.43 bits per heavy atom. The lowest BCUT2D eigenvalue weighted by molar-refractivity contribution is -0.163. The highest BCUT2D eigenvalue weighted by atomic mass is 16.5. The van der Waals surface area contributed by atoms with Gasteiger partial charge in [-0.15, -0.1) is 0 Å². The molecule has 0 aliphatic rings. The molecule has 0 aromatic carbocycles. The molecule has 2 N–H and O–H groups in total. The Hall–Kier alpha value is -0.610. The van der Waals surface area contributed by atoms with E-state index in [0.29, 0.717) is 6.61 Å². The summed E-state index contributed by atoms with van der Waals surface area (Å²) in [6, 6.07) is 0. The zero-order valence-electron chi connectivity index (χ0n) is 8.90. The number of rotatable bonds is 7. The van der Waals surface area contributed by atoms with Gasteiger partial charge < -0.3 is 14.9 Å². The molecule has 4 nitrogen and oxygen atoms in total. The third-order valence-electron chi connectivity index (χ3n) is 2.06. The Labute approximate surface area is 84.9 Å². The van der Waals surface area contributed by atoms with Crippen LogP contribution in [0.2, 0.25) is 0 Å². The minimum Gasteiger partial charge on any atom is -0.465 e. The van der Waals surface area contributed by atoms with Gasteiger partial charge in [0.2, 0.25) is 0 Å². The molecule has 0 fully saturated rings. The van der Waals surface area contributed by atoms with Crippen LogP contribution in [-0.4, -0.2) is 29.1 Å². The summed E-state index contributed by atoms with van der Waals surface area (Å²) in [5.74, 6) is -1.40. The molecule has 0 heterocycles. The molecule has 0 rings (SSSR count). The number of ether oxygens (including phenoxy) is 1. The molecule has 0 spiro atoms. The smallest absolute Gasteiger partial charge is 0.313 e. The van der Waals surface area contributed by atoms with Crippen molar-refractivity contribution in [1.82, 2.24) is 0 Å². The van der Waals surface area contributed by atoms with Crippen molar-refractivity contribution in [3.05, 3.63) is 0 Å². The number of unbranched alkanes of at least 4 members (excludes halogenated alkanes) is 3. The number of carbonyl (C=O) groups is 1. The highest BCUT2D eigenvalue weighted by Gasteiger charge is 2.20. The highest BCUT2D eigenvalue weighted by molar-refractivity contribution is 5.72. The number of esters is 1. The van der Waals surface area contributed by atoms with Gasteiger partial charge in [0.05, 0.1) is 6.61 Å². The van der Waals surface area contributed by atoms with Crippen LogP contribution in [0.25, 0.3) is 0 Å². The zero-order chi connectivity index (χ0) is 11.0. The molecule has 0 aromatic rings. The molecule has 0 amide bonds. The number of hydrogen-bond acceptors (Lipinski definition) is 4. The first-order valence-corrected chi connectivity index (χ1v) is 5.12. The van der Waals surface area contributed by atoms with Crippen molar-refractivity contribution < 1.29 is 19.7 Å². The van der Waals surface area contributed by atoms with E-state index in [0.717, 1.165) is 25.7 Å². The summed E-state index contributed by atoms with van der Waals surface area (Å²) in [5, 5.41) is 17.4. The van der Waals surface area contributed by atoms with E-state index in [1.165, 1.54) is 6.92 Å². The lowest BCUT2D eigenvalue weighted by Gasteiger charge is -2.12. The Kier molecular flexibility index (Phi) is 7.42. The summed E-state index contributed by atoms with van der Waals surface area (Å²) in [5.41, 5.74) is 0. The summed E-state index contributed by atoms with van der Waals surface area (Å²) >= 11 is 0. The van der Waals surface area contributed by atoms with Crippen molar-refractivity contribution in [2.24, 2.45) is 5.92 Å². The standard InChI is InChI=1S/C10H20O4/c1-3-4-5-6-7-14-10(13)8(2)9(11)12/h8-9,11-12H,3-7H2,1-2H3. The maximum atomic E-state index is 11.1. The molecule has 0 saturated carbocycles. The largest absolute Gasteiger partial charge is 0.465 e. The number of aliphatic hydroxyl groups excluding tert-OH is 1. The molecule has 1 unspecified atom stereocenters. The zero-order valence-corrected chi connectivity index (χ0v) is 8.90. The average Bonchev–Trinajstić information content (AvgIpc) is 2.16. The maximum absolute atomic E-state index is 11.1. The lowest BCUT2D eigenvalue weighted by atomic mass is 10.2. The van der Waals surface area contributed by atoms with Gasteiger partial charge in [-0.3, -0.25) is 4.79 Å². The van der Waals surface area contributed by atoms with E-state index >= 15 is 0 Å². The van der Waals surface area contributed by atoms with E-state index in [2.05, 4.69) is 6.92 Å². The van der Waals surface area contributed by atoms with Crippen LogP contribution >= 0.6 is 0 Å². The van der Waals surface area contributed by atoms with Crippen LogP contribution in [0.5, 0.6) is 0 Å². The van der Waals surface area contributed by atoms with Crippen LogP contribution < -0.4 is 0 Å². The van der Waals surface area contributed by atoms with Crippen molar-refractivity contribution in [3.63, 3.8) is 0 Å². The Bertz CT molecular complexity index is 156. The number of aliphatic hydroxyl groups is 2. The molecule has 0 aliphatic heterocycles. The first-order valence-electron chi connectivity index (χ1n) is 5.12. The summed E-state index contributed by atoms with van der Waals surface area (Å²) in [6.45, 7) is 3.91. The maximum Gasteiger partial charge on any atom is 0.313 e. The van der Waals surface area contributed by atoms with Gasteiger partial charge in [-0.2, -0.15) is 0 Å². The van der Waals surface area contributed by atoms with Crippen LogP contribution in [0.4, 0.5) is 0 Å². The van der Waals surface area contributed by atoms with Gasteiger partial charge in [0.25, 0.3) is 0 Å². The third-order valence-corrected chi connectivity index (χ3v) is 2.06.